The number of hydrogen-bond donors (Lipinski definition) is 0. The van der Waals surface area contributed by atoms with Crippen LogP contribution in [0.2, 0.25) is 0 Å². The van der Waals surface area contributed by atoms with Gasteiger partial charge >= 0.3 is 5.97 Å². The molecule has 2 aromatic carbocycles. The van der Waals surface area contributed by atoms with Gasteiger partial charge in [-0.05, 0) is 24.6 Å². The van der Waals surface area contributed by atoms with Gasteiger partial charge in [-0.25, -0.2) is 22.4 Å². The lowest BCUT2D eigenvalue weighted by molar-refractivity contribution is 0.0723. The lowest BCUT2D eigenvalue weighted by Gasteiger charge is -2.09. The molecule has 0 aliphatic rings. The molecule has 0 amide bonds. The zero-order valence-corrected chi connectivity index (χ0v) is 12.9. The Morgan fingerprint density at radius 1 is 1.04 bits per heavy atom. The number of esters is 1. The topological polar surface area (TPSA) is 59.3 Å². The smallest absolute Gasteiger partial charge is 0.349 e. The van der Waals surface area contributed by atoms with Crippen molar-refractivity contribution in [1.82, 2.24) is 0 Å². The number of carbonyl (C=O) groups excluding carboxylic acids is 1. The summed E-state index contributed by atoms with van der Waals surface area (Å²) in [5, 5.41) is 8.56. The van der Waals surface area contributed by atoms with E-state index in [-0.39, 0.29) is 12.2 Å². The van der Waals surface area contributed by atoms with Gasteiger partial charge in [0.2, 0.25) is 0 Å². The first-order valence-corrected chi connectivity index (χ1v) is 7.04. The van der Waals surface area contributed by atoms with Gasteiger partial charge in [0.15, 0.2) is 0 Å². The summed E-state index contributed by atoms with van der Waals surface area (Å²) >= 11 is 0. The van der Waals surface area contributed by atoms with E-state index in [1.54, 1.807) is 6.92 Å². The summed E-state index contributed by atoms with van der Waals surface area (Å²) in [6.07, 6.45) is 0. The molecule has 0 spiro atoms. The van der Waals surface area contributed by atoms with Crippen LogP contribution in [0.15, 0.2) is 24.3 Å². The third-order valence-corrected chi connectivity index (χ3v) is 3.12. The van der Waals surface area contributed by atoms with Gasteiger partial charge in [-0.15, -0.1) is 0 Å². The van der Waals surface area contributed by atoms with Crippen LogP contribution in [0.3, 0.4) is 0 Å². The molecule has 0 N–H and O–H groups in total. The van der Waals surface area contributed by atoms with Crippen molar-refractivity contribution in [3.63, 3.8) is 0 Å². The normalized spacial score (nSPS) is 10.4. The first-order chi connectivity index (χ1) is 11.9. The molecule has 0 aliphatic heterocycles. The molecule has 25 heavy (non-hydrogen) atoms. The van der Waals surface area contributed by atoms with E-state index in [2.05, 4.69) is 4.74 Å². The molecular formula is C17H11F4NO3. The van der Waals surface area contributed by atoms with Gasteiger partial charge in [0.25, 0.3) is 0 Å². The van der Waals surface area contributed by atoms with Gasteiger partial charge in [0.1, 0.15) is 46.2 Å². The van der Waals surface area contributed by atoms with Crippen LogP contribution in [-0.2, 0) is 11.3 Å². The molecule has 2 rings (SSSR count). The predicted octanol–water partition coefficient (Wildman–Crippen LogP) is 3.87. The molecule has 8 heteroatoms. The second kappa shape index (κ2) is 7.77. The van der Waals surface area contributed by atoms with Crippen molar-refractivity contribution in [3.8, 4) is 11.8 Å². The lowest BCUT2D eigenvalue weighted by Crippen LogP contribution is -2.14. The summed E-state index contributed by atoms with van der Waals surface area (Å²) < 4.78 is 64.5. The lowest BCUT2D eigenvalue weighted by atomic mass is 10.1. The number of ether oxygens (including phenoxy) is 2. The zero-order chi connectivity index (χ0) is 18.6. The van der Waals surface area contributed by atoms with Crippen molar-refractivity contribution < 1.29 is 31.8 Å². The molecule has 0 heterocycles. The Labute approximate surface area is 140 Å². The largest absolute Gasteiger partial charge is 0.423 e. The fourth-order valence-electron chi connectivity index (χ4n) is 2.00. The van der Waals surface area contributed by atoms with Crippen molar-refractivity contribution in [3.05, 3.63) is 64.2 Å². The second-order valence-electron chi connectivity index (χ2n) is 4.83. The highest BCUT2D eigenvalue weighted by Gasteiger charge is 2.22. The molecule has 0 saturated heterocycles. The molecule has 0 unspecified atom stereocenters. The molecule has 0 saturated carbocycles. The molecule has 0 aliphatic carbocycles. The van der Waals surface area contributed by atoms with Gasteiger partial charge in [-0.2, -0.15) is 5.26 Å². The molecule has 130 valence electrons. The maximum Gasteiger partial charge on any atom is 0.349 e. The Morgan fingerprint density at radius 2 is 1.60 bits per heavy atom. The maximum atomic E-state index is 14.0. The summed E-state index contributed by atoms with van der Waals surface area (Å²) in [6.45, 7) is 1.99. The highest BCUT2D eigenvalue weighted by Crippen LogP contribution is 2.23. The van der Waals surface area contributed by atoms with E-state index >= 15 is 0 Å². The maximum absolute atomic E-state index is 14.0. The van der Waals surface area contributed by atoms with E-state index in [0.717, 1.165) is 12.1 Å². The van der Waals surface area contributed by atoms with Crippen LogP contribution in [0.25, 0.3) is 0 Å². The van der Waals surface area contributed by atoms with Crippen molar-refractivity contribution >= 4 is 5.97 Å². The molecule has 0 fully saturated rings. The van der Waals surface area contributed by atoms with E-state index in [0.29, 0.717) is 18.7 Å². The van der Waals surface area contributed by atoms with E-state index in [1.807, 2.05) is 0 Å². The monoisotopic (exact) mass is 353 g/mol. The summed E-state index contributed by atoms with van der Waals surface area (Å²) in [5.74, 6) is -7.03. The van der Waals surface area contributed by atoms with Crippen LogP contribution in [-0.4, -0.2) is 12.6 Å². The molecule has 0 atom stereocenters. The minimum atomic E-state index is -1.47. The van der Waals surface area contributed by atoms with Gasteiger partial charge in [0.05, 0.1) is 6.61 Å². The van der Waals surface area contributed by atoms with E-state index < -0.39 is 46.1 Å². The molecule has 0 aromatic heterocycles. The Balaban J connectivity index is 2.28. The highest BCUT2D eigenvalue weighted by molar-refractivity contribution is 5.91. The standard InChI is InChI=1S/C17H11F4NO3/c1-2-24-8-9-3-14(20)16(15(21)4-9)17(23)25-10-5-12(18)11(7-22)13(19)6-10/h3-6H,2,8H2,1H3. The minimum absolute atomic E-state index is 0.0499. The van der Waals surface area contributed by atoms with E-state index in [1.165, 1.54) is 6.07 Å². The average Bonchev–Trinajstić information content (AvgIpc) is 2.52. The average molecular weight is 353 g/mol. The number of nitrogens with zero attached hydrogens (tertiary/aromatic N) is 1. The number of nitriles is 1. The SMILES string of the molecule is CCOCc1cc(F)c(C(=O)Oc2cc(F)c(C#N)c(F)c2)c(F)c1. The van der Waals surface area contributed by atoms with Crippen LogP contribution in [0.4, 0.5) is 17.6 Å². The van der Waals surface area contributed by atoms with Crippen molar-refractivity contribution in [2.45, 2.75) is 13.5 Å². The summed E-state index contributed by atoms with van der Waals surface area (Å²) in [6, 6.07) is 4.23. The van der Waals surface area contributed by atoms with Crippen LogP contribution >= 0.6 is 0 Å². The number of rotatable bonds is 5. The van der Waals surface area contributed by atoms with Gasteiger partial charge < -0.3 is 9.47 Å². The number of carbonyl (C=O) groups is 1. The third-order valence-electron chi connectivity index (χ3n) is 3.12. The fraction of sp³-hybridized carbons (Fsp3) is 0.176. The Kier molecular flexibility index (Phi) is 5.72. The number of halogens is 4. The van der Waals surface area contributed by atoms with E-state index in [4.69, 9.17) is 10.00 Å². The predicted molar refractivity (Wildman–Crippen MR) is 77.7 cm³/mol. The van der Waals surface area contributed by atoms with Crippen LogP contribution in [0.5, 0.6) is 5.75 Å². The molecule has 4 nitrogen and oxygen atoms in total. The van der Waals surface area contributed by atoms with Crippen molar-refractivity contribution in [2.75, 3.05) is 6.61 Å². The molecule has 0 bridgehead atoms. The van der Waals surface area contributed by atoms with E-state index in [9.17, 15) is 22.4 Å². The van der Waals surface area contributed by atoms with Gasteiger partial charge in [-0.3, -0.25) is 0 Å². The molecule has 2 aromatic rings. The fourth-order valence-corrected chi connectivity index (χ4v) is 2.00. The zero-order valence-electron chi connectivity index (χ0n) is 12.9. The minimum Gasteiger partial charge on any atom is -0.423 e. The molecule has 0 radical (unpaired) electrons. The number of hydrogen-bond acceptors (Lipinski definition) is 4. The first-order valence-electron chi connectivity index (χ1n) is 7.04. The second-order valence-corrected chi connectivity index (χ2v) is 4.83. The Morgan fingerprint density at radius 3 is 2.08 bits per heavy atom. The van der Waals surface area contributed by atoms with Crippen LogP contribution < -0.4 is 4.74 Å². The Bertz CT molecular complexity index is 815. The van der Waals surface area contributed by atoms with Crippen molar-refractivity contribution in [1.29, 1.82) is 5.26 Å². The van der Waals surface area contributed by atoms with Crippen LogP contribution in [0, 0.1) is 34.6 Å². The number of benzene rings is 2. The van der Waals surface area contributed by atoms with Gasteiger partial charge in [0, 0.05) is 18.7 Å². The summed E-state index contributed by atoms with van der Waals surface area (Å²) in [4.78, 5) is 11.9. The highest BCUT2D eigenvalue weighted by atomic mass is 19.1. The third kappa shape index (κ3) is 4.14. The quantitative estimate of drug-likeness (QED) is 0.465. The molecular weight excluding hydrogens is 342 g/mol. The summed E-state index contributed by atoms with van der Waals surface area (Å²) in [7, 11) is 0. The van der Waals surface area contributed by atoms with Gasteiger partial charge in [-0.1, -0.05) is 0 Å². The summed E-state index contributed by atoms with van der Waals surface area (Å²) in [5.41, 5.74) is -1.70. The first kappa shape index (κ1) is 18.4. The van der Waals surface area contributed by atoms with Crippen LogP contribution in [0.1, 0.15) is 28.4 Å². The van der Waals surface area contributed by atoms with Crippen molar-refractivity contribution in [2.24, 2.45) is 0 Å². The Hall–Kier alpha value is -2.92.